The van der Waals surface area contributed by atoms with Crippen LogP contribution in [0.4, 0.5) is 0 Å². The van der Waals surface area contributed by atoms with E-state index in [1.807, 2.05) is 0 Å². The van der Waals surface area contributed by atoms with Gasteiger partial charge in [0, 0.05) is 18.6 Å². The molecule has 0 aromatic heterocycles. The molecule has 0 radical (unpaired) electrons. The summed E-state index contributed by atoms with van der Waals surface area (Å²) in [6, 6.07) is 1.07. The normalized spacial score (nSPS) is 33.6. The van der Waals surface area contributed by atoms with Gasteiger partial charge in [-0.2, -0.15) is 0 Å². The van der Waals surface area contributed by atoms with Crippen molar-refractivity contribution in [1.82, 2.24) is 4.90 Å². The summed E-state index contributed by atoms with van der Waals surface area (Å²) >= 11 is 0. The second-order valence-corrected chi connectivity index (χ2v) is 6.18. The molecule has 2 aliphatic carbocycles. The van der Waals surface area contributed by atoms with E-state index in [0.29, 0.717) is 30.8 Å². The molecule has 0 aromatic carbocycles. The fourth-order valence-electron chi connectivity index (χ4n) is 2.95. The number of nitrogens with two attached hydrogens (primary N) is 1. The number of rotatable bonds is 5. The molecular formula is C13H24N2O2. The number of carbonyl (C=O) groups is 1. The van der Waals surface area contributed by atoms with E-state index < -0.39 is 11.5 Å². The number of carboxylic acids is 1. The molecule has 2 rings (SSSR count). The summed E-state index contributed by atoms with van der Waals surface area (Å²) in [4.78, 5) is 13.7. The average Bonchev–Trinajstić information content (AvgIpc) is 2.98. The molecule has 0 bridgehead atoms. The number of hydrogen-bond acceptors (Lipinski definition) is 3. The molecule has 3 N–H and O–H groups in total. The average molecular weight is 240 g/mol. The van der Waals surface area contributed by atoms with Crippen LogP contribution in [-0.4, -0.2) is 40.1 Å². The van der Waals surface area contributed by atoms with Crippen molar-refractivity contribution in [2.45, 2.75) is 63.6 Å². The van der Waals surface area contributed by atoms with E-state index in [0.717, 1.165) is 13.0 Å². The van der Waals surface area contributed by atoms with E-state index in [1.165, 1.54) is 12.8 Å². The first-order chi connectivity index (χ1) is 7.92. The van der Waals surface area contributed by atoms with Gasteiger partial charge in [-0.25, -0.2) is 0 Å². The highest BCUT2D eigenvalue weighted by molar-refractivity contribution is 5.79. The monoisotopic (exact) mass is 240 g/mol. The fourth-order valence-corrected chi connectivity index (χ4v) is 2.95. The first-order valence-corrected chi connectivity index (χ1v) is 6.70. The smallest absolute Gasteiger partial charge is 0.323 e. The number of carboxylic acid groups (broad SMARTS) is 1. The van der Waals surface area contributed by atoms with Crippen LogP contribution in [0.5, 0.6) is 0 Å². The lowest BCUT2D eigenvalue weighted by Crippen LogP contribution is -2.48. The third-order valence-electron chi connectivity index (χ3n) is 4.01. The van der Waals surface area contributed by atoms with Crippen molar-refractivity contribution in [1.29, 1.82) is 0 Å². The van der Waals surface area contributed by atoms with Crippen LogP contribution in [0.25, 0.3) is 0 Å². The van der Waals surface area contributed by atoms with E-state index >= 15 is 0 Å². The first-order valence-electron chi connectivity index (χ1n) is 6.70. The van der Waals surface area contributed by atoms with Crippen LogP contribution in [0.2, 0.25) is 0 Å². The lowest BCUT2D eigenvalue weighted by Gasteiger charge is -2.31. The molecule has 0 aliphatic heterocycles. The maximum Gasteiger partial charge on any atom is 0.323 e. The largest absolute Gasteiger partial charge is 0.480 e. The Labute approximate surface area is 103 Å². The van der Waals surface area contributed by atoms with Gasteiger partial charge >= 0.3 is 5.97 Å². The molecule has 0 heterocycles. The second kappa shape index (κ2) is 4.58. The van der Waals surface area contributed by atoms with E-state index in [2.05, 4.69) is 18.7 Å². The molecule has 2 unspecified atom stereocenters. The molecule has 2 aliphatic rings. The van der Waals surface area contributed by atoms with Gasteiger partial charge in [-0.05, 0) is 38.0 Å². The molecule has 0 aromatic rings. The van der Waals surface area contributed by atoms with Gasteiger partial charge in [0.2, 0.25) is 0 Å². The minimum atomic E-state index is -0.977. The molecule has 0 spiro atoms. The Kier molecular flexibility index (Phi) is 3.46. The van der Waals surface area contributed by atoms with Crippen LogP contribution in [0.15, 0.2) is 0 Å². The molecule has 2 saturated carbocycles. The summed E-state index contributed by atoms with van der Waals surface area (Å²) in [6.45, 7) is 5.51. The zero-order chi connectivity index (χ0) is 12.6. The highest BCUT2D eigenvalue weighted by Crippen LogP contribution is 2.38. The summed E-state index contributed by atoms with van der Waals surface area (Å²) in [7, 11) is 0. The van der Waals surface area contributed by atoms with Crippen LogP contribution in [0.1, 0.15) is 46.0 Å². The van der Waals surface area contributed by atoms with Gasteiger partial charge < -0.3 is 10.8 Å². The maximum absolute atomic E-state index is 11.2. The lowest BCUT2D eigenvalue weighted by atomic mass is 9.99. The highest BCUT2D eigenvalue weighted by Gasteiger charge is 2.46. The van der Waals surface area contributed by atoms with Crippen molar-refractivity contribution in [3.63, 3.8) is 0 Å². The second-order valence-electron chi connectivity index (χ2n) is 6.18. The van der Waals surface area contributed by atoms with Crippen molar-refractivity contribution >= 4 is 5.97 Å². The Morgan fingerprint density at radius 3 is 2.47 bits per heavy atom. The van der Waals surface area contributed by atoms with Gasteiger partial charge in [-0.3, -0.25) is 9.69 Å². The molecule has 4 heteroatoms. The number of nitrogens with zero attached hydrogens (tertiary/aromatic N) is 1. The van der Waals surface area contributed by atoms with Crippen molar-refractivity contribution in [2.24, 2.45) is 11.7 Å². The predicted octanol–water partition coefficient (Wildman–Crippen LogP) is 1.44. The molecule has 17 heavy (non-hydrogen) atoms. The summed E-state index contributed by atoms with van der Waals surface area (Å²) in [6.07, 6.45) is 4.72. The third-order valence-corrected chi connectivity index (χ3v) is 4.01. The van der Waals surface area contributed by atoms with Crippen LogP contribution in [0, 0.1) is 5.92 Å². The summed E-state index contributed by atoms with van der Waals surface area (Å²) < 4.78 is 0. The van der Waals surface area contributed by atoms with Crippen LogP contribution < -0.4 is 5.73 Å². The first kappa shape index (κ1) is 12.8. The van der Waals surface area contributed by atoms with Crippen molar-refractivity contribution in [3.8, 4) is 0 Å². The van der Waals surface area contributed by atoms with Crippen LogP contribution in [0.3, 0.4) is 0 Å². The third kappa shape index (κ3) is 2.80. The minimum absolute atomic E-state index is 0.381. The van der Waals surface area contributed by atoms with Crippen LogP contribution >= 0.6 is 0 Å². The van der Waals surface area contributed by atoms with Crippen LogP contribution in [-0.2, 0) is 4.79 Å². The summed E-state index contributed by atoms with van der Waals surface area (Å²) in [5.74, 6) is -0.200. The van der Waals surface area contributed by atoms with Gasteiger partial charge in [0.1, 0.15) is 5.54 Å². The lowest BCUT2D eigenvalue weighted by molar-refractivity contribution is -0.143. The molecule has 0 amide bonds. The van der Waals surface area contributed by atoms with Crippen molar-refractivity contribution < 1.29 is 9.90 Å². The Morgan fingerprint density at radius 1 is 1.41 bits per heavy atom. The summed E-state index contributed by atoms with van der Waals surface area (Å²) in [5.41, 5.74) is 4.98. The Hall–Kier alpha value is -0.610. The van der Waals surface area contributed by atoms with Gasteiger partial charge in [0.15, 0.2) is 0 Å². The van der Waals surface area contributed by atoms with E-state index in [9.17, 15) is 4.79 Å². The zero-order valence-corrected chi connectivity index (χ0v) is 10.9. The summed E-state index contributed by atoms with van der Waals surface area (Å²) in [5, 5.41) is 9.16. The van der Waals surface area contributed by atoms with Crippen molar-refractivity contribution in [3.05, 3.63) is 0 Å². The van der Waals surface area contributed by atoms with E-state index in [4.69, 9.17) is 10.8 Å². The maximum atomic E-state index is 11.2. The molecule has 98 valence electrons. The standard InChI is InChI=1S/C13H24N2O2/c1-9(2)8-15(10-3-4-10)11-5-6-13(14,7-11)12(16)17/h9-11H,3-8,14H2,1-2H3,(H,16,17). The number of hydrogen-bond donors (Lipinski definition) is 2. The van der Waals surface area contributed by atoms with E-state index in [-0.39, 0.29) is 0 Å². The molecular weight excluding hydrogens is 216 g/mol. The van der Waals surface area contributed by atoms with Gasteiger partial charge in [0.25, 0.3) is 0 Å². The van der Waals surface area contributed by atoms with Crippen molar-refractivity contribution in [2.75, 3.05) is 6.54 Å². The topological polar surface area (TPSA) is 66.6 Å². The predicted molar refractivity (Wildman–Crippen MR) is 66.8 cm³/mol. The quantitative estimate of drug-likeness (QED) is 0.763. The van der Waals surface area contributed by atoms with Gasteiger partial charge in [-0.15, -0.1) is 0 Å². The van der Waals surface area contributed by atoms with Gasteiger partial charge in [-0.1, -0.05) is 13.8 Å². The molecule has 0 saturated heterocycles. The van der Waals surface area contributed by atoms with E-state index in [1.54, 1.807) is 0 Å². The molecule has 2 fully saturated rings. The Bertz CT molecular complexity index is 302. The number of aliphatic carboxylic acids is 1. The SMILES string of the molecule is CC(C)CN(C1CC1)C1CCC(N)(C(=O)O)C1. The minimum Gasteiger partial charge on any atom is -0.480 e. The Balaban J connectivity index is 1.99. The zero-order valence-electron chi connectivity index (χ0n) is 10.9. The molecule has 4 nitrogen and oxygen atoms in total. The highest BCUT2D eigenvalue weighted by atomic mass is 16.4. The molecule has 2 atom stereocenters. The Morgan fingerprint density at radius 2 is 2.06 bits per heavy atom. The van der Waals surface area contributed by atoms with Gasteiger partial charge in [0.05, 0.1) is 0 Å². The fraction of sp³-hybridized carbons (Fsp3) is 0.923.